The number of thiazole rings is 1. The van der Waals surface area contributed by atoms with Gasteiger partial charge < -0.3 is 10.1 Å². The number of nitrogens with zero attached hydrogens (tertiary/aromatic N) is 1. The van der Waals surface area contributed by atoms with Gasteiger partial charge in [-0.05, 0) is 38.0 Å². The number of carbonyl (C=O) groups excluding carboxylic acids is 3. The van der Waals surface area contributed by atoms with E-state index in [9.17, 15) is 14.4 Å². The van der Waals surface area contributed by atoms with Crippen LogP contribution in [0.5, 0.6) is 0 Å². The average Bonchev–Trinajstić information content (AvgIpc) is 3.10. The fourth-order valence-electron chi connectivity index (χ4n) is 2.95. The number of esters is 1. The van der Waals surface area contributed by atoms with E-state index in [1.807, 2.05) is 0 Å². The van der Waals surface area contributed by atoms with Gasteiger partial charge in [0.05, 0.1) is 21.3 Å². The van der Waals surface area contributed by atoms with Crippen molar-refractivity contribution in [2.45, 2.75) is 51.2 Å². The van der Waals surface area contributed by atoms with Crippen LogP contribution in [-0.2, 0) is 9.53 Å². The number of benzene rings is 1. The number of fused-ring (bicyclic) bond motifs is 1. The molecule has 1 atom stereocenters. The van der Waals surface area contributed by atoms with Gasteiger partial charge in [0, 0.05) is 6.04 Å². The highest BCUT2D eigenvalue weighted by atomic mass is 32.1. The Bertz CT molecular complexity index is 814. The van der Waals surface area contributed by atoms with Crippen molar-refractivity contribution in [1.82, 2.24) is 15.6 Å². The molecule has 7 nitrogen and oxygen atoms in total. The normalized spacial score (nSPS) is 16.0. The lowest BCUT2D eigenvalue weighted by atomic mass is 9.96. The monoisotopic (exact) mass is 375 g/mol. The Morgan fingerprint density at radius 1 is 1.23 bits per heavy atom. The summed E-state index contributed by atoms with van der Waals surface area (Å²) in [5.74, 6) is -1.26. The highest BCUT2D eigenvalue weighted by Gasteiger charge is 2.23. The van der Waals surface area contributed by atoms with E-state index in [1.165, 1.54) is 24.7 Å². The number of nitrogens with one attached hydrogen (secondary N) is 2. The molecule has 3 rings (SSSR count). The van der Waals surface area contributed by atoms with Gasteiger partial charge in [0.2, 0.25) is 0 Å². The summed E-state index contributed by atoms with van der Waals surface area (Å²) in [6, 6.07) is 4.56. The first-order chi connectivity index (χ1) is 12.5. The van der Waals surface area contributed by atoms with Crippen LogP contribution >= 0.6 is 11.3 Å². The zero-order valence-electron chi connectivity index (χ0n) is 14.5. The summed E-state index contributed by atoms with van der Waals surface area (Å²) in [5, 5.41) is 5.03. The van der Waals surface area contributed by atoms with Crippen molar-refractivity contribution in [2.75, 3.05) is 0 Å². The standard InChI is InChI=1S/C18H21N3O4S/c1-11(16(22)21-18(24)20-13-5-3-2-4-6-13)25-17(23)12-7-8-14-15(9-12)26-10-19-14/h7-11,13H,2-6H2,1H3,(H2,20,21,22,24). The number of urea groups is 1. The second-order valence-electron chi connectivity index (χ2n) is 6.38. The van der Waals surface area contributed by atoms with Crippen LogP contribution in [0.25, 0.3) is 10.2 Å². The number of ether oxygens (including phenoxy) is 1. The second kappa shape index (κ2) is 8.27. The highest BCUT2D eigenvalue weighted by Crippen LogP contribution is 2.20. The van der Waals surface area contributed by atoms with Crippen molar-refractivity contribution >= 4 is 39.5 Å². The maximum absolute atomic E-state index is 12.2. The van der Waals surface area contributed by atoms with Gasteiger partial charge in [-0.2, -0.15) is 0 Å². The number of carbonyl (C=O) groups is 3. The molecular formula is C18H21N3O4S. The summed E-state index contributed by atoms with van der Waals surface area (Å²) < 4.78 is 6.03. The third-order valence-electron chi connectivity index (χ3n) is 4.40. The Labute approximate surface area is 155 Å². The molecule has 1 aromatic heterocycles. The summed E-state index contributed by atoms with van der Waals surface area (Å²) in [6.07, 6.45) is 4.11. The molecule has 8 heteroatoms. The minimum absolute atomic E-state index is 0.0977. The van der Waals surface area contributed by atoms with Crippen molar-refractivity contribution in [3.63, 3.8) is 0 Å². The number of rotatable bonds is 4. The molecule has 26 heavy (non-hydrogen) atoms. The molecule has 1 aliphatic carbocycles. The van der Waals surface area contributed by atoms with Crippen LogP contribution in [0.2, 0.25) is 0 Å². The number of hydrogen-bond acceptors (Lipinski definition) is 6. The predicted molar refractivity (Wildman–Crippen MR) is 98.0 cm³/mol. The maximum Gasteiger partial charge on any atom is 0.338 e. The fraction of sp³-hybridized carbons (Fsp3) is 0.444. The van der Waals surface area contributed by atoms with Crippen LogP contribution in [0.1, 0.15) is 49.4 Å². The lowest BCUT2D eigenvalue weighted by Crippen LogP contribution is -2.48. The lowest BCUT2D eigenvalue weighted by Gasteiger charge is -2.23. The molecule has 0 saturated heterocycles. The van der Waals surface area contributed by atoms with E-state index in [1.54, 1.807) is 23.7 Å². The number of imide groups is 1. The van der Waals surface area contributed by atoms with Gasteiger partial charge in [0.25, 0.3) is 5.91 Å². The molecule has 0 radical (unpaired) electrons. The summed E-state index contributed by atoms with van der Waals surface area (Å²) in [5.41, 5.74) is 2.84. The number of amides is 3. The fourth-order valence-corrected chi connectivity index (χ4v) is 3.66. The van der Waals surface area contributed by atoms with Crippen LogP contribution < -0.4 is 10.6 Å². The van der Waals surface area contributed by atoms with Gasteiger partial charge in [0.15, 0.2) is 6.10 Å². The number of aromatic nitrogens is 1. The molecule has 1 unspecified atom stereocenters. The first-order valence-electron chi connectivity index (χ1n) is 8.68. The van der Waals surface area contributed by atoms with Gasteiger partial charge in [0.1, 0.15) is 0 Å². The van der Waals surface area contributed by atoms with E-state index < -0.39 is 24.0 Å². The average molecular weight is 375 g/mol. The largest absolute Gasteiger partial charge is 0.449 e. The van der Waals surface area contributed by atoms with Gasteiger partial charge in [-0.15, -0.1) is 11.3 Å². The highest BCUT2D eigenvalue weighted by molar-refractivity contribution is 7.16. The molecule has 1 fully saturated rings. The van der Waals surface area contributed by atoms with Crippen molar-refractivity contribution in [3.05, 3.63) is 29.3 Å². The van der Waals surface area contributed by atoms with E-state index >= 15 is 0 Å². The maximum atomic E-state index is 12.2. The van der Waals surface area contributed by atoms with E-state index in [0.29, 0.717) is 5.56 Å². The summed E-state index contributed by atoms with van der Waals surface area (Å²) in [7, 11) is 0. The van der Waals surface area contributed by atoms with Crippen LogP contribution in [0.4, 0.5) is 4.79 Å². The Balaban J connectivity index is 1.51. The van der Waals surface area contributed by atoms with Crippen molar-refractivity contribution in [2.24, 2.45) is 0 Å². The van der Waals surface area contributed by atoms with Crippen LogP contribution in [0.15, 0.2) is 23.7 Å². The molecule has 0 spiro atoms. The molecule has 1 aromatic carbocycles. The number of hydrogen-bond donors (Lipinski definition) is 2. The van der Waals surface area contributed by atoms with Crippen molar-refractivity contribution < 1.29 is 19.1 Å². The molecule has 1 heterocycles. The Hall–Kier alpha value is -2.48. The zero-order valence-corrected chi connectivity index (χ0v) is 15.3. The first-order valence-corrected chi connectivity index (χ1v) is 9.56. The Morgan fingerprint density at radius 3 is 2.77 bits per heavy atom. The zero-order chi connectivity index (χ0) is 18.5. The molecule has 0 aliphatic heterocycles. The minimum atomic E-state index is -1.07. The smallest absolute Gasteiger partial charge is 0.338 e. The Morgan fingerprint density at radius 2 is 2.00 bits per heavy atom. The Kier molecular flexibility index (Phi) is 5.82. The molecular weight excluding hydrogens is 354 g/mol. The molecule has 1 saturated carbocycles. The van der Waals surface area contributed by atoms with Crippen LogP contribution in [0, 0.1) is 0 Å². The third-order valence-corrected chi connectivity index (χ3v) is 5.19. The summed E-state index contributed by atoms with van der Waals surface area (Å²) >= 11 is 1.42. The molecule has 138 valence electrons. The van der Waals surface area contributed by atoms with Gasteiger partial charge in [-0.1, -0.05) is 19.3 Å². The van der Waals surface area contributed by atoms with Gasteiger partial charge >= 0.3 is 12.0 Å². The van der Waals surface area contributed by atoms with E-state index in [4.69, 9.17) is 4.74 Å². The third kappa shape index (κ3) is 4.57. The minimum Gasteiger partial charge on any atom is -0.449 e. The summed E-state index contributed by atoms with van der Waals surface area (Å²) in [6.45, 7) is 1.44. The molecule has 2 aromatic rings. The lowest BCUT2D eigenvalue weighted by molar-refractivity contribution is -0.127. The van der Waals surface area contributed by atoms with Gasteiger partial charge in [-0.25, -0.2) is 14.6 Å². The topological polar surface area (TPSA) is 97.4 Å². The van der Waals surface area contributed by atoms with Crippen LogP contribution in [-0.4, -0.2) is 35.0 Å². The van der Waals surface area contributed by atoms with E-state index in [-0.39, 0.29) is 6.04 Å². The van der Waals surface area contributed by atoms with Crippen molar-refractivity contribution in [3.8, 4) is 0 Å². The molecule has 0 bridgehead atoms. The molecule has 1 aliphatic rings. The first kappa shape index (κ1) is 18.3. The van der Waals surface area contributed by atoms with Gasteiger partial charge in [-0.3, -0.25) is 10.1 Å². The van der Waals surface area contributed by atoms with Crippen LogP contribution in [0.3, 0.4) is 0 Å². The SMILES string of the molecule is CC(OC(=O)c1ccc2ncsc2c1)C(=O)NC(=O)NC1CCCCC1. The van der Waals surface area contributed by atoms with E-state index in [0.717, 1.165) is 35.9 Å². The summed E-state index contributed by atoms with van der Waals surface area (Å²) in [4.78, 5) is 40.3. The predicted octanol–water partition coefficient (Wildman–Crippen LogP) is 3.00. The quantitative estimate of drug-likeness (QED) is 0.801. The second-order valence-corrected chi connectivity index (χ2v) is 7.27. The van der Waals surface area contributed by atoms with E-state index in [2.05, 4.69) is 15.6 Å². The van der Waals surface area contributed by atoms with Crippen molar-refractivity contribution in [1.29, 1.82) is 0 Å². The molecule has 2 N–H and O–H groups in total. The molecule has 3 amide bonds.